The Labute approximate surface area is 144 Å². The van der Waals surface area contributed by atoms with E-state index in [4.69, 9.17) is 4.52 Å². The molecule has 1 saturated heterocycles. The van der Waals surface area contributed by atoms with E-state index >= 15 is 0 Å². The Hall–Kier alpha value is -2.70. The standard InChI is InChI=1S/C18H19N3O4/c22-17(21-9-2-1-6-14(21)18(23)24)13-5-3-4-12(10-13)15-19-16(25-20-15)11-7-8-11/h3-5,10-11,14H,1-2,6-9H2,(H,23,24)/t14-/m1/s1. The van der Waals surface area contributed by atoms with Crippen LogP contribution >= 0.6 is 0 Å². The lowest BCUT2D eigenvalue weighted by Crippen LogP contribution is -2.47. The number of hydrogen-bond donors (Lipinski definition) is 1. The van der Waals surface area contributed by atoms with E-state index in [2.05, 4.69) is 10.1 Å². The van der Waals surface area contributed by atoms with Crippen molar-refractivity contribution >= 4 is 11.9 Å². The highest BCUT2D eigenvalue weighted by Gasteiger charge is 2.33. The molecule has 1 aromatic carbocycles. The van der Waals surface area contributed by atoms with E-state index in [0.29, 0.717) is 41.7 Å². The van der Waals surface area contributed by atoms with Crippen molar-refractivity contribution in [3.05, 3.63) is 35.7 Å². The van der Waals surface area contributed by atoms with E-state index in [0.717, 1.165) is 25.7 Å². The summed E-state index contributed by atoms with van der Waals surface area (Å²) in [6, 6.07) is 6.23. The molecule has 4 rings (SSSR count). The number of aliphatic carboxylic acids is 1. The molecule has 1 amide bonds. The lowest BCUT2D eigenvalue weighted by molar-refractivity contribution is -0.143. The van der Waals surface area contributed by atoms with Crippen LogP contribution in [0.2, 0.25) is 0 Å². The van der Waals surface area contributed by atoms with Gasteiger partial charge in [-0.3, -0.25) is 4.79 Å². The molecule has 130 valence electrons. The molecule has 2 fully saturated rings. The number of benzene rings is 1. The van der Waals surface area contributed by atoms with Crippen molar-refractivity contribution in [1.82, 2.24) is 15.0 Å². The molecule has 1 aliphatic heterocycles. The zero-order valence-electron chi connectivity index (χ0n) is 13.7. The van der Waals surface area contributed by atoms with Crippen molar-refractivity contribution in [3.63, 3.8) is 0 Å². The number of piperidine rings is 1. The molecule has 2 aromatic rings. The van der Waals surface area contributed by atoms with Crippen LogP contribution in [-0.2, 0) is 4.79 Å². The van der Waals surface area contributed by atoms with Gasteiger partial charge in [0.25, 0.3) is 5.91 Å². The Balaban J connectivity index is 1.59. The predicted octanol–water partition coefficient (Wildman–Crippen LogP) is 2.69. The third-order valence-corrected chi connectivity index (χ3v) is 4.78. The number of rotatable bonds is 4. The molecular formula is C18H19N3O4. The summed E-state index contributed by atoms with van der Waals surface area (Å²) in [5.41, 5.74) is 1.15. The van der Waals surface area contributed by atoms with Gasteiger partial charge in [-0.15, -0.1) is 0 Å². The van der Waals surface area contributed by atoms with Gasteiger partial charge in [-0.05, 0) is 44.2 Å². The number of carboxylic acid groups (broad SMARTS) is 1. The summed E-state index contributed by atoms with van der Waals surface area (Å²) in [6.45, 7) is 0.466. The summed E-state index contributed by atoms with van der Waals surface area (Å²) in [5.74, 6) is 0.269. The summed E-state index contributed by atoms with van der Waals surface area (Å²) in [5, 5.41) is 13.4. The molecule has 1 atom stereocenters. The summed E-state index contributed by atoms with van der Waals surface area (Å²) >= 11 is 0. The van der Waals surface area contributed by atoms with E-state index < -0.39 is 12.0 Å². The van der Waals surface area contributed by atoms with E-state index in [-0.39, 0.29) is 5.91 Å². The maximum Gasteiger partial charge on any atom is 0.326 e. The predicted molar refractivity (Wildman–Crippen MR) is 88.0 cm³/mol. The molecule has 2 heterocycles. The maximum absolute atomic E-state index is 12.8. The van der Waals surface area contributed by atoms with Crippen LogP contribution in [0, 0.1) is 0 Å². The van der Waals surface area contributed by atoms with E-state index in [9.17, 15) is 14.7 Å². The minimum atomic E-state index is -0.948. The average Bonchev–Trinajstić information content (AvgIpc) is 3.38. The Kier molecular flexibility index (Phi) is 3.99. The highest BCUT2D eigenvalue weighted by Crippen LogP contribution is 2.39. The van der Waals surface area contributed by atoms with Gasteiger partial charge < -0.3 is 14.5 Å². The lowest BCUT2D eigenvalue weighted by atomic mass is 10.0. The first kappa shape index (κ1) is 15.8. The summed E-state index contributed by atoms with van der Waals surface area (Å²) in [4.78, 5) is 30.1. The third kappa shape index (κ3) is 3.14. The fourth-order valence-electron chi connectivity index (χ4n) is 3.24. The lowest BCUT2D eigenvalue weighted by Gasteiger charge is -2.33. The highest BCUT2D eigenvalue weighted by atomic mass is 16.5. The number of nitrogens with zero attached hydrogens (tertiary/aromatic N) is 3. The number of aromatic nitrogens is 2. The molecule has 1 aliphatic carbocycles. The molecule has 0 spiro atoms. The van der Waals surface area contributed by atoms with E-state index in [1.54, 1.807) is 18.2 Å². The quantitative estimate of drug-likeness (QED) is 0.918. The number of carbonyl (C=O) groups excluding carboxylic acids is 1. The normalized spacial score (nSPS) is 20.5. The Morgan fingerprint density at radius 1 is 1.20 bits per heavy atom. The van der Waals surface area contributed by atoms with Gasteiger partial charge in [-0.1, -0.05) is 17.3 Å². The second kappa shape index (κ2) is 6.31. The molecule has 2 aliphatic rings. The van der Waals surface area contributed by atoms with Crippen molar-refractivity contribution < 1.29 is 19.2 Å². The molecule has 0 radical (unpaired) electrons. The molecule has 0 unspecified atom stereocenters. The van der Waals surface area contributed by atoms with Crippen LogP contribution in [0.5, 0.6) is 0 Å². The van der Waals surface area contributed by atoms with Crippen LogP contribution in [0.3, 0.4) is 0 Å². The molecule has 7 heteroatoms. The zero-order valence-corrected chi connectivity index (χ0v) is 13.7. The zero-order chi connectivity index (χ0) is 17.4. The second-order valence-corrected chi connectivity index (χ2v) is 6.66. The fraction of sp³-hybridized carbons (Fsp3) is 0.444. The summed E-state index contributed by atoms with van der Waals surface area (Å²) in [6.07, 6.45) is 4.30. The van der Waals surface area contributed by atoms with Gasteiger partial charge in [-0.2, -0.15) is 4.98 Å². The van der Waals surface area contributed by atoms with Gasteiger partial charge in [0.2, 0.25) is 11.7 Å². The van der Waals surface area contributed by atoms with E-state index in [1.165, 1.54) is 4.90 Å². The van der Waals surface area contributed by atoms with Gasteiger partial charge in [0.1, 0.15) is 6.04 Å². The van der Waals surface area contributed by atoms with Crippen molar-refractivity contribution in [1.29, 1.82) is 0 Å². The van der Waals surface area contributed by atoms with Crippen LogP contribution in [-0.4, -0.2) is 44.6 Å². The molecule has 1 N–H and O–H groups in total. The maximum atomic E-state index is 12.8. The van der Waals surface area contributed by atoms with Crippen molar-refractivity contribution in [3.8, 4) is 11.4 Å². The molecular weight excluding hydrogens is 322 g/mol. The monoisotopic (exact) mass is 341 g/mol. The van der Waals surface area contributed by atoms with Gasteiger partial charge in [-0.25, -0.2) is 4.79 Å². The fourth-order valence-corrected chi connectivity index (χ4v) is 3.24. The average molecular weight is 341 g/mol. The van der Waals surface area contributed by atoms with Crippen molar-refractivity contribution in [2.75, 3.05) is 6.54 Å². The minimum Gasteiger partial charge on any atom is -0.480 e. The minimum absolute atomic E-state index is 0.264. The first-order valence-corrected chi connectivity index (χ1v) is 8.61. The van der Waals surface area contributed by atoms with Crippen LogP contribution in [0.25, 0.3) is 11.4 Å². The largest absolute Gasteiger partial charge is 0.480 e. The number of carbonyl (C=O) groups is 2. The van der Waals surface area contributed by atoms with Gasteiger partial charge in [0.15, 0.2) is 0 Å². The van der Waals surface area contributed by atoms with Crippen LogP contribution < -0.4 is 0 Å². The number of carboxylic acids is 1. The number of likely N-dealkylation sites (tertiary alicyclic amines) is 1. The SMILES string of the molecule is O=C(O)[C@H]1CCCCN1C(=O)c1cccc(-c2noc(C3CC3)n2)c1. The van der Waals surface area contributed by atoms with Gasteiger partial charge >= 0.3 is 5.97 Å². The van der Waals surface area contributed by atoms with Crippen molar-refractivity contribution in [2.24, 2.45) is 0 Å². The first-order valence-electron chi connectivity index (χ1n) is 8.61. The molecule has 1 saturated carbocycles. The Morgan fingerprint density at radius 2 is 2.04 bits per heavy atom. The first-order chi connectivity index (χ1) is 12.1. The Bertz CT molecular complexity index is 812. The molecule has 7 nitrogen and oxygen atoms in total. The van der Waals surface area contributed by atoms with Crippen LogP contribution in [0.1, 0.15) is 54.3 Å². The summed E-state index contributed by atoms with van der Waals surface area (Å²) < 4.78 is 5.27. The highest BCUT2D eigenvalue weighted by molar-refractivity contribution is 5.97. The van der Waals surface area contributed by atoms with Gasteiger partial charge in [0, 0.05) is 23.6 Å². The van der Waals surface area contributed by atoms with Crippen LogP contribution in [0.4, 0.5) is 0 Å². The molecule has 25 heavy (non-hydrogen) atoms. The third-order valence-electron chi connectivity index (χ3n) is 4.78. The molecule has 0 bridgehead atoms. The number of amides is 1. The van der Waals surface area contributed by atoms with E-state index in [1.807, 2.05) is 6.07 Å². The topological polar surface area (TPSA) is 96.5 Å². The van der Waals surface area contributed by atoms with Crippen molar-refractivity contribution in [2.45, 2.75) is 44.1 Å². The summed E-state index contributed by atoms with van der Waals surface area (Å²) in [7, 11) is 0. The van der Waals surface area contributed by atoms with Gasteiger partial charge in [0.05, 0.1) is 0 Å². The second-order valence-electron chi connectivity index (χ2n) is 6.66. The number of hydrogen-bond acceptors (Lipinski definition) is 5. The van der Waals surface area contributed by atoms with Crippen LogP contribution in [0.15, 0.2) is 28.8 Å². The molecule has 1 aromatic heterocycles. The Morgan fingerprint density at radius 3 is 2.80 bits per heavy atom. The smallest absolute Gasteiger partial charge is 0.326 e.